The molecule has 108 valence electrons. The van der Waals surface area contributed by atoms with Crippen LogP contribution in [0.3, 0.4) is 0 Å². The Hall–Kier alpha value is -3.16. The fourth-order valence-electron chi connectivity index (χ4n) is 1.95. The minimum atomic E-state index is -0.944. The van der Waals surface area contributed by atoms with Gasteiger partial charge in [-0.1, -0.05) is 6.07 Å². The Morgan fingerprint density at radius 1 is 1.14 bits per heavy atom. The first-order valence-electron chi connectivity index (χ1n) is 5.79. The summed E-state index contributed by atoms with van der Waals surface area (Å²) in [6.07, 6.45) is 0. The number of carbonyl (C=O) groups is 2. The number of hydrogen-bond acceptors (Lipinski definition) is 5. The molecule has 1 heterocycles. The van der Waals surface area contributed by atoms with Crippen molar-refractivity contribution in [2.45, 2.75) is 6.92 Å². The Balaban J connectivity index is 2.68. The number of nitrogens with zero attached hydrogens (tertiary/aromatic N) is 1. The van der Waals surface area contributed by atoms with Gasteiger partial charge in [0.1, 0.15) is 4.92 Å². The topological polar surface area (TPSA) is 142 Å². The molecular weight excluding hydrogens is 278 g/mol. The zero-order chi connectivity index (χ0) is 15.7. The smallest absolute Gasteiger partial charge is 0.395 e. The van der Waals surface area contributed by atoms with E-state index in [9.17, 15) is 19.7 Å². The molecule has 0 fully saturated rings. The number of hydrogen-bond donors (Lipinski definition) is 2. The quantitative estimate of drug-likeness (QED) is 0.645. The van der Waals surface area contributed by atoms with Crippen LogP contribution in [0.1, 0.15) is 26.5 Å². The van der Waals surface area contributed by atoms with E-state index in [2.05, 4.69) is 0 Å². The van der Waals surface area contributed by atoms with Gasteiger partial charge in [-0.3, -0.25) is 19.7 Å². The van der Waals surface area contributed by atoms with Crippen molar-refractivity contribution in [2.24, 2.45) is 11.5 Å². The first kappa shape index (κ1) is 14.3. The summed E-state index contributed by atoms with van der Waals surface area (Å²) in [5.41, 5.74) is 11.8. The van der Waals surface area contributed by atoms with Crippen LogP contribution in [0.2, 0.25) is 0 Å². The van der Waals surface area contributed by atoms with E-state index in [0.29, 0.717) is 11.1 Å². The van der Waals surface area contributed by atoms with Gasteiger partial charge in [0.15, 0.2) is 0 Å². The number of nitrogens with two attached hydrogens (primary N) is 2. The molecule has 0 saturated heterocycles. The normalized spacial score (nSPS) is 10.3. The van der Waals surface area contributed by atoms with Crippen molar-refractivity contribution in [3.63, 3.8) is 0 Å². The van der Waals surface area contributed by atoms with Crippen molar-refractivity contribution in [2.75, 3.05) is 0 Å². The summed E-state index contributed by atoms with van der Waals surface area (Å²) >= 11 is 0. The average molecular weight is 289 g/mol. The molecule has 0 bridgehead atoms. The summed E-state index contributed by atoms with van der Waals surface area (Å²) in [6, 6.07) is 5.69. The minimum Gasteiger partial charge on any atom is -0.395 e. The second-order valence-corrected chi connectivity index (χ2v) is 4.40. The van der Waals surface area contributed by atoms with Gasteiger partial charge >= 0.3 is 5.88 Å². The zero-order valence-electron chi connectivity index (χ0n) is 11.0. The lowest BCUT2D eigenvalue weighted by atomic mass is 10.00. The number of nitro groups is 1. The van der Waals surface area contributed by atoms with Crippen LogP contribution in [0.5, 0.6) is 0 Å². The minimum absolute atomic E-state index is 0.139. The van der Waals surface area contributed by atoms with E-state index in [1.165, 1.54) is 6.07 Å². The van der Waals surface area contributed by atoms with E-state index in [4.69, 9.17) is 15.9 Å². The average Bonchev–Trinajstić information content (AvgIpc) is 2.83. The van der Waals surface area contributed by atoms with Crippen molar-refractivity contribution in [3.05, 3.63) is 51.3 Å². The lowest BCUT2D eigenvalue weighted by Gasteiger charge is -2.04. The van der Waals surface area contributed by atoms with E-state index >= 15 is 0 Å². The van der Waals surface area contributed by atoms with Gasteiger partial charge in [-0.05, 0) is 30.2 Å². The van der Waals surface area contributed by atoms with Crippen LogP contribution < -0.4 is 11.5 Å². The van der Waals surface area contributed by atoms with Crippen LogP contribution in [-0.2, 0) is 0 Å². The molecule has 0 aliphatic carbocycles. The first-order valence-corrected chi connectivity index (χ1v) is 5.79. The second-order valence-electron chi connectivity index (χ2n) is 4.40. The van der Waals surface area contributed by atoms with E-state index in [0.717, 1.165) is 6.07 Å². The number of amides is 2. The molecule has 1 aromatic heterocycles. The van der Waals surface area contributed by atoms with Crippen LogP contribution >= 0.6 is 0 Å². The van der Waals surface area contributed by atoms with E-state index in [1.54, 1.807) is 19.1 Å². The third kappa shape index (κ3) is 2.73. The fourth-order valence-corrected chi connectivity index (χ4v) is 1.95. The van der Waals surface area contributed by atoms with Crippen LogP contribution in [0, 0.1) is 17.0 Å². The molecular formula is C13H11N3O5. The maximum absolute atomic E-state index is 11.3. The van der Waals surface area contributed by atoms with Gasteiger partial charge in [-0.15, -0.1) is 0 Å². The molecule has 0 saturated carbocycles. The summed E-state index contributed by atoms with van der Waals surface area (Å²) in [5, 5.41) is 10.7. The predicted molar refractivity (Wildman–Crippen MR) is 72.6 cm³/mol. The number of rotatable bonds is 4. The number of benzene rings is 1. The molecule has 0 atom stereocenters. The lowest BCUT2D eigenvalue weighted by molar-refractivity contribution is -0.402. The first-order chi connectivity index (χ1) is 9.79. The molecule has 21 heavy (non-hydrogen) atoms. The number of carbonyl (C=O) groups excluding carboxylic acids is 2. The second kappa shape index (κ2) is 5.08. The van der Waals surface area contributed by atoms with Gasteiger partial charge in [0, 0.05) is 11.1 Å². The van der Waals surface area contributed by atoms with Crippen molar-refractivity contribution < 1.29 is 18.9 Å². The van der Waals surface area contributed by atoms with E-state index < -0.39 is 22.6 Å². The Labute approximate surface area is 118 Å². The third-order valence-corrected chi connectivity index (χ3v) is 2.80. The summed E-state index contributed by atoms with van der Waals surface area (Å²) in [7, 11) is 0. The lowest BCUT2D eigenvalue weighted by Crippen LogP contribution is -2.12. The van der Waals surface area contributed by atoms with Crippen LogP contribution in [0.4, 0.5) is 5.88 Å². The molecule has 0 spiro atoms. The molecule has 2 amide bonds. The zero-order valence-corrected chi connectivity index (χ0v) is 11.0. The van der Waals surface area contributed by atoms with Crippen LogP contribution in [0.25, 0.3) is 11.1 Å². The molecule has 0 aliphatic rings. The highest BCUT2D eigenvalue weighted by molar-refractivity contribution is 5.99. The van der Waals surface area contributed by atoms with Gasteiger partial charge in [-0.25, -0.2) is 0 Å². The Kier molecular flexibility index (Phi) is 3.45. The van der Waals surface area contributed by atoms with Crippen LogP contribution in [-0.4, -0.2) is 16.7 Å². The summed E-state index contributed by atoms with van der Waals surface area (Å²) in [4.78, 5) is 32.6. The van der Waals surface area contributed by atoms with Crippen molar-refractivity contribution in [3.8, 4) is 11.1 Å². The van der Waals surface area contributed by atoms with E-state index in [1.807, 2.05) is 0 Å². The monoisotopic (exact) mass is 289 g/mol. The van der Waals surface area contributed by atoms with Gasteiger partial charge in [-0.2, -0.15) is 0 Å². The van der Waals surface area contributed by atoms with Crippen molar-refractivity contribution >= 4 is 17.7 Å². The van der Waals surface area contributed by atoms with Crippen molar-refractivity contribution in [1.82, 2.24) is 0 Å². The fraction of sp³-hybridized carbons (Fsp3) is 0.0769. The molecule has 2 aromatic rings. The van der Waals surface area contributed by atoms with Gasteiger partial charge in [0.2, 0.25) is 11.7 Å². The standard InChI is InChI=1S/C13H11N3O5/c1-6-2-7(4-8(3-6)12(14)17)9-5-10(16(19)20)21-11(9)13(15)18/h2-5H,1H3,(H2,14,17)(H2,15,18). The van der Waals surface area contributed by atoms with Gasteiger partial charge in [0.05, 0.1) is 6.07 Å². The Morgan fingerprint density at radius 2 is 1.81 bits per heavy atom. The molecule has 4 N–H and O–H groups in total. The largest absolute Gasteiger partial charge is 0.434 e. The van der Waals surface area contributed by atoms with E-state index in [-0.39, 0.29) is 16.9 Å². The van der Waals surface area contributed by atoms with Gasteiger partial charge in [0.25, 0.3) is 5.91 Å². The number of furan rings is 1. The summed E-state index contributed by atoms with van der Waals surface area (Å²) in [5.74, 6) is -2.55. The molecule has 2 rings (SSSR count). The maximum Gasteiger partial charge on any atom is 0.434 e. The highest BCUT2D eigenvalue weighted by Gasteiger charge is 2.24. The molecule has 8 heteroatoms. The SMILES string of the molecule is Cc1cc(C(N)=O)cc(-c2cc([N+](=O)[O-])oc2C(N)=O)c1. The molecule has 0 radical (unpaired) electrons. The molecule has 0 unspecified atom stereocenters. The van der Waals surface area contributed by atoms with Crippen molar-refractivity contribution in [1.29, 1.82) is 0 Å². The predicted octanol–water partition coefficient (Wildman–Crippen LogP) is 1.36. The molecule has 0 aliphatic heterocycles. The Morgan fingerprint density at radius 3 is 2.33 bits per heavy atom. The Bertz CT molecular complexity index is 763. The van der Waals surface area contributed by atoms with Crippen LogP contribution in [0.15, 0.2) is 28.7 Å². The molecule has 1 aromatic carbocycles. The summed E-state index contributed by atoms with van der Waals surface area (Å²) < 4.78 is 4.84. The highest BCUT2D eigenvalue weighted by atomic mass is 16.6. The number of aryl methyl sites for hydroxylation is 1. The maximum atomic E-state index is 11.3. The number of primary amides is 2. The summed E-state index contributed by atoms with van der Waals surface area (Å²) in [6.45, 7) is 1.72. The third-order valence-electron chi connectivity index (χ3n) is 2.80. The molecule has 8 nitrogen and oxygen atoms in total. The van der Waals surface area contributed by atoms with Gasteiger partial charge < -0.3 is 15.9 Å². The highest BCUT2D eigenvalue weighted by Crippen LogP contribution is 2.32.